The second-order valence-corrected chi connectivity index (χ2v) is 5.69. The summed E-state index contributed by atoms with van der Waals surface area (Å²) in [5.41, 5.74) is 0.142. The molecule has 1 N–H and O–H groups in total. The van der Waals surface area contributed by atoms with Crippen LogP contribution in [0.15, 0.2) is 46.4 Å². The van der Waals surface area contributed by atoms with Crippen LogP contribution in [0.2, 0.25) is 5.02 Å². The number of rotatable bonds is 3. The molecule has 1 aliphatic rings. The van der Waals surface area contributed by atoms with Gasteiger partial charge in [-0.15, -0.1) is 0 Å². The fraction of sp³-hybridized carbons (Fsp3) is 0. The van der Waals surface area contributed by atoms with Crippen molar-refractivity contribution in [2.24, 2.45) is 0 Å². The van der Waals surface area contributed by atoms with Crippen LogP contribution in [-0.2, 0) is 9.59 Å². The molecule has 2 heterocycles. The fourth-order valence-corrected chi connectivity index (χ4v) is 2.55. The fourth-order valence-electron chi connectivity index (χ4n) is 2.14. The average molecular weight is 378 g/mol. The molecule has 0 radical (unpaired) electrons. The van der Waals surface area contributed by atoms with E-state index >= 15 is 0 Å². The topological polar surface area (TPSA) is 106 Å². The van der Waals surface area contributed by atoms with Gasteiger partial charge < -0.3 is 4.42 Å². The van der Waals surface area contributed by atoms with Crippen LogP contribution in [0.3, 0.4) is 0 Å². The normalized spacial score (nSPS) is 16.3. The number of hydrogen-bond acceptors (Lipinski definition) is 6. The number of anilines is 1. The molecule has 0 atom stereocenters. The van der Waals surface area contributed by atoms with Crippen molar-refractivity contribution in [3.05, 3.63) is 62.9 Å². The molecule has 0 bridgehead atoms. The summed E-state index contributed by atoms with van der Waals surface area (Å²) in [6.45, 7) is 0. The molecule has 0 unspecified atom stereocenters. The summed E-state index contributed by atoms with van der Waals surface area (Å²) in [5.74, 6) is -1.91. The highest BCUT2D eigenvalue weighted by Crippen LogP contribution is 2.25. The van der Waals surface area contributed by atoms with Gasteiger partial charge in [-0.1, -0.05) is 11.6 Å². The molecule has 8 nitrogen and oxygen atoms in total. The van der Waals surface area contributed by atoms with E-state index < -0.39 is 22.6 Å². The minimum absolute atomic E-state index is 0.00549. The largest absolute Gasteiger partial charge is 0.433 e. The number of benzene rings is 1. The SMILES string of the molecule is O=C1NC(=S)N(c2ccc(Cl)cc2)C(=O)/C1=C\c1ccc([N+](=O)[O-])o1. The maximum Gasteiger partial charge on any atom is 0.433 e. The predicted octanol–water partition coefficient (Wildman–Crippen LogP) is 2.67. The molecule has 1 aliphatic heterocycles. The van der Waals surface area contributed by atoms with Gasteiger partial charge in [-0.05, 0) is 48.6 Å². The molecule has 1 aromatic heterocycles. The molecular formula is C15H8ClN3O5S. The van der Waals surface area contributed by atoms with Gasteiger partial charge in [0.2, 0.25) is 0 Å². The summed E-state index contributed by atoms with van der Waals surface area (Å²) >= 11 is 10.9. The Hall–Kier alpha value is -3.04. The molecule has 0 saturated carbocycles. The summed E-state index contributed by atoms with van der Waals surface area (Å²) < 4.78 is 4.95. The number of amides is 2. The number of furan rings is 1. The number of nitrogens with zero attached hydrogens (tertiary/aromatic N) is 2. The van der Waals surface area contributed by atoms with Gasteiger partial charge in [-0.3, -0.25) is 29.9 Å². The molecule has 2 amide bonds. The Morgan fingerprint density at radius 1 is 1.20 bits per heavy atom. The predicted molar refractivity (Wildman–Crippen MR) is 93.0 cm³/mol. The van der Waals surface area contributed by atoms with Gasteiger partial charge in [0, 0.05) is 5.02 Å². The van der Waals surface area contributed by atoms with Crippen LogP contribution in [0.4, 0.5) is 11.6 Å². The van der Waals surface area contributed by atoms with E-state index in [4.69, 9.17) is 28.2 Å². The van der Waals surface area contributed by atoms with Gasteiger partial charge in [0.25, 0.3) is 11.8 Å². The first-order chi connectivity index (χ1) is 11.9. The zero-order valence-electron chi connectivity index (χ0n) is 12.3. The van der Waals surface area contributed by atoms with E-state index in [0.29, 0.717) is 10.7 Å². The Balaban J connectivity index is 1.98. The van der Waals surface area contributed by atoms with Gasteiger partial charge in [0.15, 0.2) is 5.11 Å². The zero-order chi connectivity index (χ0) is 18.1. The van der Waals surface area contributed by atoms with E-state index in [1.165, 1.54) is 6.07 Å². The first kappa shape index (κ1) is 16.8. The Bertz CT molecular complexity index is 935. The van der Waals surface area contributed by atoms with Crippen LogP contribution < -0.4 is 10.2 Å². The third kappa shape index (κ3) is 3.28. The monoisotopic (exact) mass is 377 g/mol. The highest BCUT2D eigenvalue weighted by atomic mass is 35.5. The lowest BCUT2D eigenvalue weighted by Gasteiger charge is -2.28. The van der Waals surface area contributed by atoms with Crippen molar-refractivity contribution in [1.82, 2.24) is 5.32 Å². The Kier molecular flexibility index (Phi) is 4.34. The van der Waals surface area contributed by atoms with Crippen molar-refractivity contribution in [3.63, 3.8) is 0 Å². The molecule has 0 spiro atoms. The molecule has 2 aromatic rings. The van der Waals surface area contributed by atoms with Crippen LogP contribution >= 0.6 is 23.8 Å². The van der Waals surface area contributed by atoms with E-state index in [-0.39, 0.29) is 16.4 Å². The van der Waals surface area contributed by atoms with Crippen LogP contribution in [0, 0.1) is 10.1 Å². The highest BCUT2D eigenvalue weighted by Gasteiger charge is 2.34. The summed E-state index contributed by atoms with van der Waals surface area (Å²) in [6.07, 6.45) is 1.12. The van der Waals surface area contributed by atoms with Crippen molar-refractivity contribution in [2.45, 2.75) is 0 Å². The van der Waals surface area contributed by atoms with Crippen molar-refractivity contribution >= 4 is 58.4 Å². The van der Waals surface area contributed by atoms with E-state index in [2.05, 4.69) is 5.32 Å². The molecule has 3 rings (SSSR count). The van der Waals surface area contributed by atoms with E-state index in [0.717, 1.165) is 17.0 Å². The molecule has 1 aromatic carbocycles. The maximum atomic E-state index is 12.7. The summed E-state index contributed by atoms with van der Waals surface area (Å²) in [6, 6.07) is 8.69. The Morgan fingerprint density at radius 3 is 2.48 bits per heavy atom. The molecule has 1 fully saturated rings. The smallest absolute Gasteiger partial charge is 0.401 e. The van der Waals surface area contributed by atoms with Gasteiger partial charge in [-0.2, -0.15) is 0 Å². The Labute approximate surface area is 150 Å². The van der Waals surface area contributed by atoms with Crippen molar-refractivity contribution in [3.8, 4) is 0 Å². The minimum atomic E-state index is -0.723. The first-order valence-corrected chi connectivity index (χ1v) is 7.56. The van der Waals surface area contributed by atoms with Crippen molar-refractivity contribution in [2.75, 3.05) is 4.90 Å². The molecule has 0 aliphatic carbocycles. The summed E-state index contributed by atoms with van der Waals surface area (Å²) in [5, 5.41) is 13.4. The van der Waals surface area contributed by atoms with E-state index in [1.807, 2.05) is 0 Å². The number of nitrogens with one attached hydrogen (secondary N) is 1. The lowest BCUT2D eigenvalue weighted by Crippen LogP contribution is -2.54. The van der Waals surface area contributed by atoms with Gasteiger partial charge in [0.05, 0.1) is 11.8 Å². The van der Waals surface area contributed by atoms with Gasteiger partial charge in [-0.25, -0.2) is 0 Å². The Morgan fingerprint density at radius 2 is 1.88 bits per heavy atom. The van der Waals surface area contributed by atoms with Crippen molar-refractivity contribution < 1.29 is 18.9 Å². The van der Waals surface area contributed by atoms with E-state index in [9.17, 15) is 19.7 Å². The van der Waals surface area contributed by atoms with Gasteiger partial charge in [0.1, 0.15) is 16.3 Å². The van der Waals surface area contributed by atoms with Gasteiger partial charge >= 0.3 is 5.88 Å². The highest BCUT2D eigenvalue weighted by molar-refractivity contribution is 7.80. The number of hydrogen-bond donors (Lipinski definition) is 1. The molecule has 1 saturated heterocycles. The lowest BCUT2D eigenvalue weighted by molar-refractivity contribution is -0.402. The molecule has 126 valence electrons. The van der Waals surface area contributed by atoms with Crippen LogP contribution in [0.25, 0.3) is 6.08 Å². The number of nitro groups is 1. The quantitative estimate of drug-likeness (QED) is 0.290. The second kappa shape index (κ2) is 6.46. The summed E-state index contributed by atoms with van der Waals surface area (Å²) in [7, 11) is 0. The molecular weight excluding hydrogens is 370 g/mol. The standard InChI is InChI=1S/C15H8ClN3O5S/c16-8-1-3-9(4-2-8)18-14(21)11(13(20)17-15(18)25)7-10-5-6-12(24-10)19(22)23/h1-7H,(H,17,20,25)/b11-7-. The number of halogens is 1. The third-order valence-electron chi connectivity index (χ3n) is 3.27. The first-order valence-electron chi connectivity index (χ1n) is 6.78. The van der Waals surface area contributed by atoms with Crippen LogP contribution in [0.1, 0.15) is 5.76 Å². The second-order valence-electron chi connectivity index (χ2n) is 4.87. The number of carbonyl (C=O) groups is 2. The number of thiocarbonyl (C=S) groups is 1. The summed E-state index contributed by atoms with van der Waals surface area (Å²) in [4.78, 5) is 35.8. The van der Waals surface area contributed by atoms with Crippen LogP contribution in [0.5, 0.6) is 0 Å². The van der Waals surface area contributed by atoms with Crippen LogP contribution in [-0.4, -0.2) is 21.9 Å². The third-order valence-corrected chi connectivity index (χ3v) is 3.80. The lowest BCUT2D eigenvalue weighted by atomic mass is 10.1. The minimum Gasteiger partial charge on any atom is -0.401 e. The molecule has 25 heavy (non-hydrogen) atoms. The zero-order valence-corrected chi connectivity index (χ0v) is 13.8. The molecule has 10 heteroatoms. The number of carbonyl (C=O) groups excluding carboxylic acids is 2. The average Bonchev–Trinajstić information content (AvgIpc) is 3.02. The maximum absolute atomic E-state index is 12.7. The van der Waals surface area contributed by atoms with E-state index in [1.54, 1.807) is 24.3 Å². The van der Waals surface area contributed by atoms with Crippen molar-refractivity contribution in [1.29, 1.82) is 0 Å².